The monoisotopic (exact) mass is 281 g/mol. The minimum atomic E-state index is -0.327. The van der Waals surface area contributed by atoms with Crippen molar-refractivity contribution in [2.24, 2.45) is 5.41 Å². The van der Waals surface area contributed by atoms with Crippen LogP contribution >= 0.6 is 0 Å². The third-order valence-electron chi connectivity index (χ3n) is 3.86. The molecule has 0 saturated heterocycles. The van der Waals surface area contributed by atoms with Gasteiger partial charge in [-0.3, -0.25) is 9.59 Å². The first kappa shape index (κ1) is 16.4. The highest BCUT2D eigenvalue weighted by atomic mass is 16.3. The zero-order valence-corrected chi connectivity index (χ0v) is 12.3. The highest BCUT2D eigenvalue weighted by Gasteiger charge is 2.26. The van der Waals surface area contributed by atoms with Gasteiger partial charge in [-0.2, -0.15) is 5.10 Å². The summed E-state index contributed by atoms with van der Waals surface area (Å²) in [6.45, 7) is 6.61. The van der Waals surface area contributed by atoms with Crippen molar-refractivity contribution in [3.05, 3.63) is 28.2 Å². The Morgan fingerprint density at radius 2 is 2.00 bits per heavy atom. The van der Waals surface area contributed by atoms with Crippen molar-refractivity contribution in [1.82, 2.24) is 15.1 Å². The van der Waals surface area contributed by atoms with Crippen LogP contribution in [0.4, 0.5) is 0 Å². The van der Waals surface area contributed by atoms with Crippen molar-refractivity contribution in [3.63, 3.8) is 0 Å². The fourth-order valence-electron chi connectivity index (χ4n) is 1.93. The number of carbonyl (C=O) groups is 1. The second-order valence-corrected chi connectivity index (χ2v) is 4.92. The molecule has 6 nitrogen and oxygen atoms in total. The summed E-state index contributed by atoms with van der Waals surface area (Å²) in [7, 11) is 0. The molecule has 112 valence electrons. The number of rotatable bonds is 7. The molecule has 0 radical (unpaired) electrons. The molecule has 0 aromatic carbocycles. The number of amides is 1. The molecule has 1 rings (SSSR count). The van der Waals surface area contributed by atoms with E-state index in [1.165, 1.54) is 16.8 Å². The first-order valence-corrected chi connectivity index (χ1v) is 6.99. The third kappa shape index (κ3) is 3.66. The molecule has 0 fully saturated rings. The van der Waals surface area contributed by atoms with E-state index >= 15 is 0 Å². The van der Waals surface area contributed by atoms with E-state index in [4.69, 9.17) is 0 Å². The molecule has 0 unspecified atom stereocenters. The Morgan fingerprint density at radius 3 is 2.50 bits per heavy atom. The molecule has 0 saturated carbocycles. The number of hydrogen-bond acceptors (Lipinski definition) is 4. The van der Waals surface area contributed by atoms with Crippen molar-refractivity contribution in [2.45, 2.75) is 40.2 Å². The zero-order chi connectivity index (χ0) is 15.2. The topological polar surface area (TPSA) is 84.2 Å². The van der Waals surface area contributed by atoms with Gasteiger partial charge in [-0.05, 0) is 25.8 Å². The summed E-state index contributed by atoms with van der Waals surface area (Å²) in [6, 6.07) is 2.76. The smallest absolute Gasteiger partial charge is 0.271 e. The van der Waals surface area contributed by atoms with Crippen molar-refractivity contribution in [1.29, 1.82) is 0 Å². The first-order chi connectivity index (χ1) is 9.51. The predicted molar refractivity (Wildman–Crippen MR) is 76.6 cm³/mol. The Balaban J connectivity index is 2.79. The second kappa shape index (κ2) is 7.19. The van der Waals surface area contributed by atoms with Crippen molar-refractivity contribution >= 4 is 5.91 Å². The molecule has 0 atom stereocenters. The lowest BCUT2D eigenvalue weighted by atomic mass is 9.83. The molecule has 0 aliphatic rings. The maximum Gasteiger partial charge on any atom is 0.271 e. The highest BCUT2D eigenvalue weighted by molar-refractivity contribution is 5.92. The predicted octanol–water partition coefficient (Wildman–Crippen LogP) is 0.792. The van der Waals surface area contributed by atoms with E-state index in [1.807, 2.05) is 13.8 Å². The number of hydrogen-bond donors (Lipinski definition) is 2. The molecule has 0 spiro atoms. The Kier molecular flexibility index (Phi) is 5.88. The molecule has 1 amide bonds. The number of nitrogens with one attached hydrogen (secondary N) is 1. The highest BCUT2D eigenvalue weighted by Crippen LogP contribution is 2.24. The lowest BCUT2D eigenvalue weighted by Crippen LogP contribution is -2.40. The summed E-state index contributed by atoms with van der Waals surface area (Å²) in [6.07, 6.45) is 1.56. The van der Waals surface area contributed by atoms with Crippen LogP contribution in [0.3, 0.4) is 0 Å². The summed E-state index contributed by atoms with van der Waals surface area (Å²) in [5.41, 5.74) is -0.309. The van der Waals surface area contributed by atoms with Crippen LogP contribution in [0.25, 0.3) is 0 Å². The standard InChI is InChI=1S/C14H23N3O3/c1-4-14(5-2,10-18)9-15-13(20)11-7-8-12(19)17(6-3)16-11/h7-8,18H,4-6,9-10H2,1-3H3,(H,15,20). The normalized spacial score (nSPS) is 11.4. The minimum Gasteiger partial charge on any atom is -0.396 e. The van der Waals surface area contributed by atoms with Crippen LogP contribution < -0.4 is 10.9 Å². The van der Waals surface area contributed by atoms with Crippen LogP contribution in [0.5, 0.6) is 0 Å². The molecule has 6 heteroatoms. The summed E-state index contributed by atoms with van der Waals surface area (Å²) < 4.78 is 1.24. The van der Waals surface area contributed by atoms with Gasteiger partial charge < -0.3 is 10.4 Å². The van der Waals surface area contributed by atoms with Gasteiger partial charge in [-0.25, -0.2) is 4.68 Å². The molecule has 1 heterocycles. The maximum atomic E-state index is 12.0. The Bertz CT molecular complexity index is 498. The van der Waals surface area contributed by atoms with Crippen molar-refractivity contribution in [2.75, 3.05) is 13.2 Å². The number of carbonyl (C=O) groups excluding carboxylic acids is 1. The van der Waals surface area contributed by atoms with Crippen LogP contribution in [0, 0.1) is 5.41 Å². The summed E-state index contributed by atoms with van der Waals surface area (Å²) in [5, 5.41) is 16.3. The molecular formula is C14H23N3O3. The quantitative estimate of drug-likeness (QED) is 0.774. The summed E-state index contributed by atoms with van der Waals surface area (Å²) in [4.78, 5) is 23.5. The largest absolute Gasteiger partial charge is 0.396 e. The van der Waals surface area contributed by atoms with Gasteiger partial charge in [0.15, 0.2) is 0 Å². The van der Waals surface area contributed by atoms with E-state index in [0.29, 0.717) is 13.1 Å². The Labute approximate surface area is 118 Å². The van der Waals surface area contributed by atoms with E-state index in [-0.39, 0.29) is 29.2 Å². The van der Waals surface area contributed by atoms with Gasteiger partial charge in [0.25, 0.3) is 11.5 Å². The lowest BCUT2D eigenvalue weighted by Gasteiger charge is -2.29. The zero-order valence-electron chi connectivity index (χ0n) is 12.3. The van der Waals surface area contributed by atoms with Crippen LogP contribution in [-0.2, 0) is 6.54 Å². The van der Waals surface area contributed by atoms with Gasteiger partial charge in [0.1, 0.15) is 5.69 Å². The van der Waals surface area contributed by atoms with Crippen LogP contribution in [0.1, 0.15) is 44.1 Å². The van der Waals surface area contributed by atoms with E-state index in [9.17, 15) is 14.7 Å². The molecule has 1 aromatic heterocycles. The molecule has 1 aromatic rings. The number of aliphatic hydroxyl groups is 1. The second-order valence-electron chi connectivity index (χ2n) is 4.92. The summed E-state index contributed by atoms with van der Waals surface area (Å²) in [5.74, 6) is -0.327. The van der Waals surface area contributed by atoms with Crippen LogP contribution in [0.15, 0.2) is 16.9 Å². The van der Waals surface area contributed by atoms with E-state index in [1.54, 1.807) is 6.92 Å². The Hall–Kier alpha value is -1.69. The number of nitrogens with zero attached hydrogens (tertiary/aromatic N) is 2. The molecule has 2 N–H and O–H groups in total. The fourth-order valence-corrected chi connectivity index (χ4v) is 1.93. The van der Waals surface area contributed by atoms with E-state index < -0.39 is 0 Å². The molecule has 0 aliphatic heterocycles. The number of aromatic nitrogens is 2. The molecule has 20 heavy (non-hydrogen) atoms. The summed E-state index contributed by atoms with van der Waals surface area (Å²) >= 11 is 0. The number of aliphatic hydroxyl groups excluding tert-OH is 1. The van der Waals surface area contributed by atoms with Gasteiger partial charge >= 0.3 is 0 Å². The average Bonchev–Trinajstić information content (AvgIpc) is 2.49. The van der Waals surface area contributed by atoms with Crippen molar-refractivity contribution < 1.29 is 9.90 Å². The maximum absolute atomic E-state index is 12.0. The SMILES string of the molecule is CCn1nc(C(=O)NCC(CC)(CC)CO)ccc1=O. The molecule has 0 bridgehead atoms. The number of aryl methyl sites for hydroxylation is 1. The van der Waals surface area contributed by atoms with Gasteiger partial charge in [0.2, 0.25) is 0 Å². The van der Waals surface area contributed by atoms with Gasteiger partial charge in [-0.1, -0.05) is 13.8 Å². The van der Waals surface area contributed by atoms with Crippen LogP contribution in [-0.4, -0.2) is 33.9 Å². The van der Waals surface area contributed by atoms with Gasteiger partial charge in [0, 0.05) is 24.6 Å². The lowest BCUT2D eigenvalue weighted by molar-refractivity contribution is 0.0844. The van der Waals surface area contributed by atoms with Gasteiger partial charge in [-0.15, -0.1) is 0 Å². The fraction of sp³-hybridized carbons (Fsp3) is 0.643. The third-order valence-corrected chi connectivity index (χ3v) is 3.86. The Morgan fingerprint density at radius 1 is 1.35 bits per heavy atom. The molecule has 0 aliphatic carbocycles. The van der Waals surface area contributed by atoms with E-state index in [0.717, 1.165) is 12.8 Å². The minimum absolute atomic E-state index is 0.0299. The molecular weight excluding hydrogens is 258 g/mol. The van der Waals surface area contributed by atoms with Crippen LogP contribution in [0.2, 0.25) is 0 Å². The van der Waals surface area contributed by atoms with E-state index in [2.05, 4.69) is 10.4 Å². The van der Waals surface area contributed by atoms with Crippen molar-refractivity contribution in [3.8, 4) is 0 Å². The first-order valence-electron chi connectivity index (χ1n) is 6.99. The van der Waals surface area contributed by atoms with Gasteiger partial charge in [0.05, 0.1) is 6.61 Å². The average molecular weight is 281 g/mol.